The number of ether oxygens (including phenoxy) is 6. The van der Waals surface area contributed by atoms with Gasteiger partial charge in [-0.2, -0.15) is 0 Å². The highest BCUT2D eigenvalue weighted by Crippen LogP contribution is 2.46. The van der Waals surface area contributed by atoms with Crippen LogP contribution in [0.5, 0.6) is 0 Å². The largest absolute Gasteiger partial charge is 0.408 e. The monoisotopic (exact) mass is 446 g/mol. The minimum Gasteiger partial charge on any atom is -0.408 e. The number of carbonyl (C=O) groups is 1. The van der Waals surface area contributed by atoms with Gasteiger partial charge >= 0.3 is 0 Å². The van der Waals surface area contributed by atoms with Gasteiger partial charge in [0, 0.05) is 26.9 Å². The number of carbonyl (C=O) groups excluding carboxylic acids is 1. The summed E-state index contributed by atoms with van der Waals surface area (Å²) in [6, 6.07) is 0. The zero-order chi connectivity index (χ0) is 23.1. The molecule has 174 valence electrons. The molecule has 1 aliphatic heterocycles. The first-order valence-corrected chi connectivity index (χ1v) is 13.1. The van der Waals surface area contributed by atoms with Gasteiger partial charge in [0.1, 0.15) is 25.1 Å². The highest BCUT2D eigenvalue weighted by Gasteiger charge is 2.64. The van der Waals surface area contributed by atoms with E-state index < -0.39 is 44.3 Å². The van der Waals surface area contributed by atoms with Crippen LogP contribution >= 0.6 is 0 Å². The first kappa shape index (κ1) is 25.6. The van der Waals surface area contributed by atoms with Crippen molar-refractivity contribution in [2.45, 2.75) is 88.7 Å². The Hall–Kier alpha value is -0.653. The summed E-state index contributed by atoms with van der Waals surface area (Å²) < 4.78 is 41.4. The van der Waals surface area contributed by atoms with Gasteiger partial charge in [0.2, 0.25) is 11.6 Å². The molecule has 0 bridgehead atoms. The molecule has 9 heteroatoms. The maximum atomic E-state index is 13.2. The number of rotatable bonds is 7. The summed E-state index contributed by atoms with van der Waals surface area (Å²) in [5.41, 5.74) is 0.264. The topological polar surface area (TPSA) is 81.7 Å². The van der Waals surface area contributed by atoms with Gasteiger partial charge in [-0.15, -0.1) is 0 Å². The molecule has 0 aromatic rings. The van der Waals surface area contributed by atoms with Crippen LogP contribution in [0.4, 0.5) is 0 Å². The summed E-state index contributed by atoms with van der Waals surface area (Å²) in [5, 5.41) is -0.0712. The van der Waals surface area contributed by atoms with Crippen molar-refractivity contribution in [3.63, 3.8) is 0 Å². The zero-order valence-electron chi connectivity index (χ0n) is 20.0. The van der Waals surface area contributed by atoms with Crippen molar-refractivity contribution in [2.24, 2.45) is 0 Å². The van der Waals surface area contributed by atoms with Crippen LogP contribution in [0, 0.1) is 0 Å². The van der Waals surface area contributed by atoms with Gasteiger partial charge in [-0.1, -0.05) is 27.4 Å². The predicted molar refractivity (Wildman–Crippen MR) is 114 cm³/mol. The van der Waals surface area contributed by atoms with Crippen molar-refractivity contribution < 1.29 is 37.6 Å². The van der Waals surface area contributed by atoms with Gasteiger partial charge in [-0.3, -0.25) is 4.79 Å². The SMILES string of the molecule is C=C1C(=O)[C@H]2O[C@@](C)(OC)[C@](C)(OC)O[C@@H]2[C@H](O[Si](C)(C)C(C)(C)C)[C@H]1OCOC. The zero-order valence-corrected chi connectivity index (χ0v) is 21.0. The fraction of sp³-hybridized carbons (Fsp3) is 0.857. The molecule has 0 aromatic heterocycles. The van der Waals surface area contributed by atoms with E-state index in [-0.39, 0.29) is 23.2 Å². The van der Waals surface area contributed by atoms with Crippen LogP contribution in [-0.2, 0) is 37.6 Å². The molecule has 0 aromatic carbocycles. The van der Waals surface area contributed by atoms with Gasteiger partial charge < -0.3 is 32.8 Å². The Bertz CT molecular complexity index is 660. The molecule has 0 spiro atoms. The Labute approximate surface area is 181 Å². The van der Waals surface area contributed by atoms with Crippen LogP contribution in [0.1, 0.15) is 34.6 Å². The summed E-state index contributed by atoms with van der Waals surface area (Å²) >= 11 is 0. The Morgan fingerprint density at radius 2 is 1.60 bits per heavy atom. The maximum absolute atomic E-state index is 13.2. The molecule has 1 aliphatic carbocycles. The lowest BCUT2D eigenvalue weighted by atomic mass is 9.83. The van der Waals surface area contributed by atoms with Gasteiger partial charge in [0.25, 0.3) is 0 Å². The molecule has 0 unspecified atom stereocenters. The van der Waals surface area contributed by atoms with E-state index in [9.17, 15) is 4.79 Å². The molecule has 8 nitrogen and oxygen atoms in total. The lowest BCUT2D eigenvalue weighted by Crippen LogP contribution is -2.73. The lowest BCUT2D eigenvalue weighted by Gasteiger charge is -2.56. The Morgan fingerprint density at radius 3 is 2.07 bits per heavy atom. The Morgan fingerprint density at radius 1 is 1.07 bits per heavy atom. The summed E-state index contributed by atoms with van der Waals surface area (Å²) in [6.07, 6.45) is -3.09. The molecule has 0 amide bonds. The summed E-state index contributed by atoms with van der Waals surface area (Å²) in [6.45, 7) is 18.1. The molecule has 2 fully saturated rings. The first-order valence-electron chi connectivity index (χ1n) is 10.2. The van der Waals surface area contributed by atoms with Crippen LogP contribution in [0.25, 0.3) is 0 Å². The van der Waals surface area contributed by atoms with Crippen LogP contribution in [0.15, 0.2) is 12.2 Å². The summed E-state index contributed by atoms with van der Waals surface area (Å²) in [5.74, 6) is -2.89. The van der Waals surface area contributed by atoms with Gasteiger partial charge in [0.15, 0.2) is 20.2 Å². The van der Waals surface area contributed by atoms with Crippen molar-refractivity contribution in [3.05, 3.63) is 12.2 Å². The molecule has 6 atom stereocenters. The van der Waals surface area contributed by atoms with E-state index in [1.807, 2.05) is 0 Å². The molecular formula is C21H38O8Si. The third-order valence-corrected chi connectivity index (χ3v) is 11.2. The van der Waals surface area contributed by atoms with E-state index in [2.05, 4.69) is 40.4 Å². The first-order chi connectivity index (χ1) is 13.7. The van der Waals surface area contributed by atoms with E-state index in [0.29, 0.717) is 0 Å². The normalized spacial score (nSPS) is 37.9. The van der Waals surface area contributed by atoms with Gasteiger partial charge in [-0.05, 0) is 32.0 Å². The highest BCUT2D eigenvalue weighted by molar-refractivity contribution is 6.74. The van der Waals surface area contributed by atoms with Crippen molar-refractivity contribution in [1.82, 2.24) is 0 Å². The molecule has 30 heavy (non-hydrogen) atoms. The van der Waals surface area contributed by atoms with Gasteiger partial charge in [-0.25, -0.2) is 0 Å². The molecule has 0 radical (unpaired) electrons. The predicted octanol–water partition coefficient (Wildman–Crippen LogP) is 3.01. The van der Waals surface area contributed by atoms with E-state index in [4.69, 9.17) is 32.8 Å². The van der Waals surface area contributed by atoms with E-state index in [1.165, 1.54) is 21.3 Å². The average molecular weight is 447 g/mol. The smallest absolute Gasteiger partial charge is 0.221 e. The summed E-state index contributed by atoms with van der Waals surface area (Å²) in [4.78, 5) is 13.2. The fourth-order valence-corrected chi connectivity index (χ4v) is 4.72. The quantitative estimate of drug-likeness (QED) is 0.335. The molecular weight excluding hydrogens is 408 g/mol. The minimum atomic E-state index is -2.28. The lowest BCUT2D eigenvalue weighted by molar-refractivity contribution is -0.450. The molecule has 0 N–H and O–H groups in total. The van der Waals surface area contributed by atoms with Crippen LogP contribution in [0.3, 0.4) is 0 Å². The number of hydrogen-bond donors (Lipinski definition) is 0. The standard InChI is InChI=1S/C21H38O8Si/c1-13-14(22)16-17(28-21(6,25-9)20(5,24-8)27-16)18(15(13)26-12-23-7)29-30(10,11)19(2,3)4/h15-18H,1,12H2,2-11H3/t15-,16+,17-,18+,20+,21+/m0/s1. The third-order valence-electron chi connectivity index (χ3n) is 6.76. The van der Waals surface area contributed by atoms with Crippen molar-refractivity contribution >= 4 is 14.1 Å². The second kappa shape index (κ2) is 8.71. The minimum absolute atomic E-state index is 0.0100. The van der Waals surface area contributed by atoms with Crippen molar-refractivity contribution in [2.75, 3.05) is 28.1 Å². The molecule has 1 heterocycles. The summed E-state index contributed by atoms with van der Waals surface area (Å²) in [7, 11) is 2.23. The van der Waals surface area contributed by atoms with E-state index >= 15 is 0 Å². The molecule has 1 saturated heterocycles. The van der Waals surface area contributed by atoms with E-state index in [0.717, 1.165) is 0 Å². The van der Waals surface area contributed by atoms with Crippen LogP contribution < -0.4 is 0 Å². The number of ketones is 1. The number of Topliss-reactive ketones (excluding diaryl/α,β-unsaturated/α-hetero) is 1. The van der Waals surface area contributed by atoms with E-state index in [1.54, 1.807) is 13.8 Å². The number of methoxy groups -OCH3 is 3. The van der Waals surface area contributed by atoms with Crippen LogP contribution in [-0.4, -0.2) is 78.2 Å². The second-order valence-corrected chi connectivity index (χ2v) is 14.4. The van der Waals surface area contributed by atoms with Crippen molar-refractivity contribution in [1.29, 1.82) is 0 Å². The highest BCUT2D eigenvalue weighted by atomic mass is 28.4. The Balaban J connectivity index is 2.53. The van der Waals surface area contributed by atoms with Crippen LogP contribution in [0.2, 0.25) is 18.1 Å². The van der Waals surface area contributed by atoms with Crippen molar-refractivity contribution in [3.8, 4) is 0 Å². The average Bonchev–Trinajstić information content (AvgIpc) is 2.66. The second-order valence-electron chi connectivity index (χ2n) is 9.65. The number of hydrogen-bond acceptors (Lipinski definition) is 8. The molecule has 2 aliphatic rings. The Kier molecular flexibility index (Phi) is 7.43. The molecule has 2 rings (SSSR count). The fourth-order valence-electron chi connectivity index (χ4n) is 3.43. The third kappa shape index (κ3) is 4.31. The number of fused-ring (bicyclic) bond motifs is 1. The maximum Gasteiger partial charge on any atom is 0.221 e. The van der Waals surface area contributed by atoms with Gasteiger partial charge in [0.05, 0.1) is 0 Å². The molecule has 1 saturated carbocycles.